The van der Waals surface area contributed by atoms with Crippen molar-refractivity contribution in [2.45, 2.75) is 420 Å². The lowest BCUT2D eigenvalue weighted by atomic mass is 9.96. The fraction of sp³-hybridized carbons (Fsp3) is 0.769. The zero-order chi connectivity index (χ0) is 79.5. The van der Waals surface area contributed by atoms with E-state index < -0.39 is 124 Å². The molecule has 3 aliphatic rings. The summed E-state index contributed by atoms with van der Waals surface area (Å²) in [7, 11) is 0. The minimum atomic E-state index is -1.98. The van der Waals surface area contributed by atoms with E-state index in [1.165, 1.54) is 154 Å². The first-order chi connectivity index (χ1) is 53.8. The van der Waals surface area contributed by atoms with Gasteiger partial charge in [-0.15, -0.1) is 0 Å². The van der Waals surface area contributed by atoms with E-state index in [2.05, 4.69) is 141 Å². The van der Waals surface area contributed by atoms with Crippen LogP contribution in [0.1, 0.15) is 316 Å². The van der Waals surface area contributed by atoms with Crippen LogP contribution >= 0.6 is 0 Å². The second-order valence-corrected chi connectivity index (χ2v) is 30.6. The summed E-state index contributed by atoms with van der Waals surface area (Å²) in [5, 5.41) is 121. The van der Waals surface area contributed by atoms with Crippen molar-refractivity contribution in [2.24, 2.45) is 0 Å². The number of allylic oxidation sites excluding steroid dienone is 20. The second kappa shape index (κ2) is 69.5. The molecule has 1 amide bonds. The molecule has 3 fully saturated rings. The van der Waals surface area contributed by atoms with Crippen LogP contribution in [-0.2, 0) is 33.2 Å². The SMILES string of the molecule is CC/C=C\C/C=C\C/C=C\C/C=C\C/C=C\C/C=C\C/C=C\C/C=C\C/C=C\C/C=C\CCCCCCCCC(=O)NC(COC1OC(CO)C(OC2OC(CO)C(OC3OC(CO)C(O)C(O)C3O)C(O)C2O)C(O)C1O)C(O)CCCCCCCCCCCCCCCCCCCCCCCCCCCCCC. The number of ether oxygens (including phenoxy) is 6. The van der Waals surface area contributed by atoms with Crippen LogP contribution in [0.25, 0.3) is 0 Å². The van der Waals surface area contributed by atoms with Crippen LogP contribution in [0.15, 0.2) is 122 Å². The predicted molar refractivity (Wildman–Crippen MR) is 443 cm³/mol. The molecule has 17 unspecified atom stereocenters. The first-order valence-electron chi connectivity index (χ1n) is 43.8. The average molecular weight is 1550 g/mol. The molecule has 12 N–H and O–H groups in total. The first kappa shape index (κ1) is 100. The topological polar surface area (TPSA) is 307 Å². The van der Waals surface area contributed by atoms with Crippen molar-refractivity contribution in [2.75, 3.05) is 26.4 Å². The van der Waals surface area contributed by atoms with Crippen molar-refractivity contribution >= 4 is 5.91 Å². The molecule has 19 heteroatoms. The fourth-order valence-electron chi connectivity index (χ4n) is 14.1. The van der Waals surface area contributed by atoms with E-state index in [1.54, 1.807) is 0 Å². The number of carbonyl (C=O) groups excluding carboxylic acids is 1. The molecule has 634 valence electrons. The van der Waals surface area contributed by atoms with Gasteiger partial charge in [0, 0.05) is 6.42 Å². The van der Waals surface area contributed by atoms with Gasteiger partial charge in [0.1, 0.15) is 73.2 Å². The Kier molecular flexibility index (Phi) is 63.4. The number of hydrogen-bond donors (Lipinski definition) is 12. The van der Waals surface area contributed by atoms with Gasteiger partial charge < -0.3 is 89.9 Å². The molecular weight excluding hydrogens is 1390 g/mol. The van der Waals surface area contributed by atoms with Gasteiger partial charge in [0.05, 0.1) is 38.6 Å². The van der Waals surface area contributed by atoms with Crippen molar-refractivity contribution in [1.82, 2.24) is 5.32 Å². The maximum absolute atomic E-state index is 13.5. The Morgan fingerprint density at radius 2 is 0.627 bits per heavy atom. The van der Waals surface area contributed by atoms with Crippen LogP contribution in [0.3, 0.4) is 0 Å². The lowest BCUT2D eigenvalue weighted by Gasteiger charge is -2.48. The largest absolute Gasteiger partial charge is 0.394 e. The van der Waals surface area contributed by atoms with Crippen molar-refractivity contribution in [3.63, 3.8) is 0 Å². The molecule has 0 spiro atoms. The number of aliphatic hydroxyl groups excluding tert-OH is 11. The average Bonchev–Trinajstić information content (AvgIpc) is 0.784. The number of carbonyl (C=O) groups is 1. The molecule has 0 bridgehead atoms. The highest BCUT2D eigenvalue weighted by Gasteiger charge is 2.54. The summed E-state index contributed by atoms with van der Waals surface area (Å²) >= 11 is 0. The summed E-state index contributed by atoms with van der Waals surface area (Å²) in [4.78, 5) is 13.5. The molecule has 17 atom stereocenters. The maximum Gasteiger partial charge on any atom is 0.220 e. The van der Waals surface area contributed by atoms with Crippen LogP contribution in [0.2, 0.25) is 0 Å². The Balaban J connectivity index is 1.35. The molecule has 19 nitrogen and oxygen atoms in total. The number of amides is 1. The highest BCUT2D eigenvalue weighted by atomic mass is 16.8. The smallest absolute Gasteiger partial charge is 0.220 e. The standard InChI is InChI=1S/C91H157NO18/c1-3-5-7-9-11-13-15-17-19-21-23-25-27-29-31-33-34-35-36-37-38-39-40-41-43-45-47-49-51-53-55-57-59-61-63-65-67-69-79(97)92-74(75(96)68-66-64-62-60-58-56-54-52-50-48-46-44-42-32-30-28-26-24-22-20-18-16-14-12-10-8-6-4-2)73-105-89-85(103)82(100)87(77(71-94)107-89)110-91-86(104)83(101)88(78(72-95)108-91)109-90-84(102)81(99)80(98)76(70-93)106-90/h5,7,11,13,17,19,23,25,29,31,34-35,37-38,40-41,45,47,51,53,74-78,80-91,93-96,98-104H,3-4,6,8-10,12,14-16,18,20-22,24,26-28,30,32-33,36,39,42-44,46,48-50,52,54-73H2,1-2H3,(H,92,97)/b7-5-,13-11-,19-17-,25-23-,31-29-,35-34-,38-37-,41-40-,47-45-,53-51-. The zero-order valence-corrected chi connectivity index (χ0v) is 68.2. The summed E-state index contributed by atoms with van der Waals surface area (Å²) < 4.78 is 34.6. The summed E-state index contributed by atoms with van der Waals surface area (Å²) in [5.74, 6) is -0.258. The fourth-order valence-corrected chi connectivity index (χ4v) is 14.1. The third-order valence-corrected chi connectivity index (χ3v) is 21.1. The molecule has 3 heterocycles. The Labute approximate surface area is 665 Å². The number of hydrogen-bond acceptors (Lipinski definition) is 18. The van der Waals surface area contributed by atoms with E-state index in [0.29, 0.717) is 12.8 Å². The minimum Gasteiger partial charge on any atom is -0.394 e. The van der Waals surface area contributed by atoms with Gasteiger partial charge in [-0.1, -0.05) is 341 Å². The molecule has 0 aromatic rings. The van der Waals surface area contributed by atoms with Crippen LogP contribution in [0, 0.1) is 0 Å². The van der Waals surface area contributed by atoms with Gasteiger partial charge >= 0.3 is 0 Å². The third kappa shape index (κ3) is 47.9. The van der Waals surface area contributed by atoms with E-state index in [1.807, 2.05) is 0 Å². The van der Waals surface area contributed by atoms with Gasteiger partial charge in [-0.3, -0.25) is 4.79 Å². The van der Waals surface area contributed by atoms with Crippen LogP contribution in [0.4, 0.5) is 0 Å². The Morgan fingerprint density at radius 1 is 0.336 bits per heavy atom. The van der Waals surface area contributed by atoms with Gasteiger partial charge in [-0.05, 0) is 89.9 Å². The molecule has 0 radical (unpaired) electrons. The Bertz CT molecular complexity index is 2460. The maximum atomic E-state index is 13.5. The molecular formula is C91H157NO18. The van der Waals surface area contributed by atoms with Crippen molar-refractivity contribution in [3.05, 3.63) is 122 Å². The highest BCUT2D eigenvalue weighted by Crippen LogP contribution is 2.33. The van der Waals surface area contributed by atoms with E-state index >= 15 is 0 Å². The van der Waals surface area contributed by atoms with Crippen LogP contribution < -0.4 is 5.32 Å². The number of rotatable bonds is 69. The van der Waals surface area contributed by atoms with Gasteiger partial charge in [0.15, 0.2) is 18.9 Å². The highest BCUT2D eigenvalue weighted by molar-refractivity contribution is 5.76. The van der Waals surface area contributed by atoms with Crippen LogP contribution in [0.5, 0.6) is 0 Å². The minimum absolute atomic E-state index is 0.242. The second-order valence-electron chi connectivity index (χ2n) is 30.6. The summed E-state index contributed by atoms with van der Waals surface area (Å²) in [6.07, 6.45) is 71.4. The molecule has 110 heavy (non-hydrogen) atoms. The van der Waals surface area contributed by atoms with Crippen molar-refractivity contribution in [3.8, 4) is 0 Å². The van der Waals surface area contributed by atoms with Gasteiger partial charge in [0.25, 0.3) is 0 Å². The molecule has 0 aliphatic carbocycles. The van der Waals surface area contributed by atoms with Crippen LogP contribution in [-0.4, -0.2) is 193 Å². The first-order valence-corrected chi connectivity index (χ1v) is 43.8. The lowest BCUT2D eigenvalue weighted by molar-refractivity contribution is -0.379. The predicted octanol–water partition coefficient (Wildman–Crippen LogP) is 16.2. The molecule has 0 saturated carbocycles. The number of unbranched alkanes of at least 4 members (excludes halogenated alkanes) is 33. The molecule has 0 aromatic carbocycles. The van der Waals surface area contributed by atoms with Gasteiger partial charge in [-0.25, -0.2) is 0 Å². The van der Waals surface area contributed by atoms with E-state index in [4.69, 9.17) is 28.4 Å². The quantitative estimate of drug-likeness (QED) is 0.0199. The number of nitrogens with one attached hydrogen (secondary N) is 1. The number of aliphatic hydroxyl groups is 11. The summed E-state index contributed by atoms with van der Waals surface area (Å²) in [6.45, 7) is 1.70. The molecule has 0 aromatic heterocycles. The molecule has 3 saturated heterocycles. The van der Waals surface area contributed by atoms with Gasteiger partial charge in [-0.2, -0.15) is 0 Å². The summed E-state index contributed by atoms with van der Waals surface area (Å²) in [5.41, 5.74) is 0. The van der Waals surface area contributed by atoms with Crippen molar-refractivity contribution < 1.29 is 89.4 Å². The molecule has 3 rings (SSSR count). The lowest BCUT2D eigenvalue weighted by Crippen LogP contribution is -2.66. The normalized spacial score (nSPS) is 25.8. The molecule has 3 aliphatic heterocycles. The summed E-state index contributed by atoms with van der Waals surface area (Å²) in [6, 6.07) is -0.907. The van der Waals surface area contributed by atoms with E-state index in [0.717, 1.165) is 128 Å². The van der Waals surface area contributed by atoms with Crippen molar-refractivity contribution in [1.29, 1.82) is 0 Å². The Hall–Kier alpha value is -3.81. The third-order valence-electron chi connectivity index (χ3n) is 21.1. The zero-order valence-electron chi connectivity index (χ0n) is 68.2. The van der Waals surface area contributed by atoms with E-state index in [-0.39, 0.29) is 18.9 Å². The Morgan fingerprint density at radius 3 is 0.982 bits per heavy atom. The van der Waals surface area contributed by atoms with Gasteiger partial charge in [0.2, 0.25) is 5.91 Å². The monoisotopic (exact) mass is 1550 g/mol. The van der Waals surface area contributed by atoms with E-state index in [9.17, 15) is 61.0 Å².